The second-order valence-electron chi connectivity index (χ2n) is 6.46. The molecule has 0 unspecified atom stereocenters. The molecule has 1 heterocycles. The number of nitrogens with two attached hydrogens (primary N) is 1. The maximum absolute atomic E-state index is 5.91. The molecule has 0 radical (unpaired) electrons. The smallest absolute Gasteiger partial charge is 0.123 e. The van der Waals surface area contributed by atoms with E-state index < -0.39 is 0 Å². The van der Waals surface area contributed by atoms with Crippen molar-refractivity contribution in [3.8, 4) is 5.75 Å². The van der Waals surface area contributed by atoms with Gasteiger partial charge in [0.15, 0.2) is 0 Å². The molecule has 122 valence electrons. The predicted molar refractivity (Wildman–Crippen MR) is 99.2 cm³/mol. The van der Waals surface area contributed by atoms with Gasteiger partial charge in [-0.3, -0.25) is 4.90 Å². The van der Waals surface area contributed by atoms with Gasteiger partial charge in [-0.15, -0.1) is 0 Å². The van der Waals surface area contributed by atoms with E-state index in [1.165, 1.54) is 27.5 Å². The summed E-state index contributed by atoms with van der Waals surface area (Å²) in [5.74, 6) is 0.969. The third kappa shape index (κ3) is 2.72. The maximum Gasteiger partial charge on any atom is 0.123 e. The number of benzene rings is 3. The summed E-state index contributed by atoms with van der Waals surface area (Å²) in [4.78, 5) is 2.49. The molecule has 0 bridgehead atoms. The number of methoxy groups -OCH3 is 1. The first-order valence-electron chi connectivity index (χ1n) is 8.39. The van der Waals surface area contributed by atoms with Gasteiger partial charge in [-0.25, -0.2) is 0 Å². The highest BCUT2D eigenvalue weighted by molar-refractivity contribution is 5.87. The fraction of sp³-hybridized carbons (Fsp3) is 0.238. The van der Waals surface area contributed by atoms with Crippen molar-refractivity contribution in [2.45, 2.75) is 19.5 Å². The summed E-state index contributed by atoms with van der Waals surface area (Å²) in [7, 11) is 1.75. The van der Waals surface area contributed by atoms with E-state index in [-0.39, 0.29) is 0 Å². The zero-order chi connectivity index (χ0) is 16.5. The number of fused-ring (bicyclic) bond motifs is 2. The SMILES string of the molecule is COc1ccc2ccccc2c1CN1CCc2cc(N)ccc2C1. The lowest BCUT2D eigenvalue weighted by Gasteiger charge is -2.30. The van der Waals surface area contributed by atoms with Gasteiger partial charge in [0.05, 0.1) is 7.11 Å². The van der Waals surface area contributed by atoms with Crippen molar-refractivity contribution in [2.24, 2.45) is 0 Å². The molecule has 0 aliphatic carbocycles. The van der Waals surface area contributed by atoms with Gasteiger partial charge in [0, 0.05) is 30.9 Å². The van der Waals surface area contributed by atoms with Crippen LogP contribution in [0, 0.1) is 0 Å². The largest absolute Gasteiger partial charge is 0.496 e. The summed E-state index contributed by atoms with van der Waals surface area (Å²) in [6, 6.07) is 19.0. The van der Waals surface area contributed by atoms with Crippen LogP contribution in [-0.2, 0) is 19.5 Å². The fourth-order valence-electron chi connectivity index (χ4n) is 3.66. The monoisotopic (exact) mass is 318 g/mol. The van der Waals surface area contributed by atoms with E-state index in [1.807, 2.05) is 6.07 Å². The molecule has 3 nitrogen and oxygen atoms in total. The minimum Gasteiger partial charge on any atom is -0.496 e. The number of rotatable bonds is 3. The quantitative estimate of drug-likeness (QED) is 0.742. The number of anilines is 1. The first-order chi connectivity index (χ1) is 11.7. The molecule has 4 rings (SSSR count). The minimum absolute atomic E-state index is 0.859. The molecule has 0 amide bonds. The summed E-state index contributed by atoms with van der Waals surface area (Å²) in [5, 5.41) is 2.54. The van der Waals surface area contributed by atoms with Crippen molar-refractivity contribution < 1.29 is 4.74 Å². The lowest BCUT2D eigenvalue weighted by molar-refractivity contribution is 0.243. The van der Waals surface area contributed by atoms with Crippen LogP contribution in [0.15, 0.2) is 54.6 Å². The second kappa shape index (κ2) is 6.17. The van der Waals surface area contributed by atoms with Gasteiger partial charge in [-0.2, -0.15) is 0 Å². The van der Waals surface area contributed by atoms with Crippen molar-refractivity contribution in [1.82, 2.24) is 4.90 Å². The second-order valence-corrected chi connectivity index (χ2v) is 6.46. The first kappa shape index (κ1) is 15.0. The van der Waals surface area contributed by atoms with Gasteiger partial charge >= 0.3 is 0 Å². The van der Waals surface area contributed by atoms with Gasteiger partial charge in [0.1, 0.15) is 5.75 Å². The Kier molecular flexibility index (Phi) is 3.87. The molecular weight excluding hydrogens is 296 g/mol. The van der Waals surface area contributed by atoms with E-state index in [0.29, 0.717) is 0 Å². The van der Waals surface area contributed by atoms with E-state index in [1.54, 1.807) is 7.11 Å². The Balaban J connectivity index is 1.66. The van der Waals surface area contributed by atoms with Crippen molar-refractivity contribution in [1.29, 1.82) is 0 Å². The molecule has 0 fully saturated rings. The zero-order valence-electron chi connectivity index (χ0n) is 14.0. The summed E-state index contributed by atoms with van der Waals surface area (Å²) >= 11 is 0. The molecule has 3 heteroatoms. The third-order valence-corrected chi connectivity index (χ3v) is 4.92. The van der Waals surface area contributed by atoms with Crippen LogP contribution in [0.25, 0.3) is 10.8 Å². The Hall–Kier alpha value is -2.52. The minimum atomic E-state index is 0.859. The molecule has 0 saturated carbocycles. The summed E-state index contributed by atoms with van der Waals surface area (Å²) < 4.78 is 5.64. The number of hydrogen-bond acceptors (Lipinski definition) is 3. The molecule has 0 saturated heterocycles. The van der Waals surface area contributed by atoms with E-state index in [4.69, 9.17) is 10.5 Å². The standard InChI is InChI=1S/C21H22N2O/c1-24-21-9-7-15-4-2-3-5-19(15)20(21)14-23-11-10-16-12-18(22)8-6-17(16)13-23/h2-9,12H,10-11,13-14,22H2,1H3. The molecule has 1 aliphatic heterocycles. The highest BCUT2D eigenvalue weighted by Gasteiger charge is 2.19. The fourth-order valence-corrected chi connectivity index (χ4v) is 3.66. The average molecular weight is 318 g/mol. The lowest BCUT2D eigenvalue weighted by atomic mass is 9.97. The van der Waals surface area contributed by atoms with E-state index >= 15 is 0 Å². The van der Waals surface area contributed by atoms with Crippen LogP contribution in [0.5, 0.6) is 5.75 Å². The van der Waals surface area contributed by atoms with Crippen molar-refractivity contribution in [2.75, 3.05) is 19.4 Å². The topological polar surface area (TPSA) is 38.5 Å². The molecule has 2 N–H and O–H groups in total. The first-order valence-corrected chi connectivity index (χ1v) is 8.39. The highest BCUT2D eigenvalue weighted by Crippen LogP contribution is 2.31. The van der Waals surface area contributed by atoms with E-state index in [2.05, 4.69) is 53.4 Å². The summed E-state index contributed by atoms with van der Waals surface area (Å²) in [5.41, 5.74) is 10.8. The van der Waals surface area contributed by atoms with E-state index in [0.717, 1.165) is 37.5 Å². The Bertz CT molecular complexity index is 888. The van der Waals surface area contributed by atoms with Crippen LogP contribution >= 0.6 is 0 Å². The number of ether oxygens (including phenoxy) is 1. The van der Waals surface area contributed by atoms with Crippen LogP contribution in [0.1, 0.15) is 16.7 Å². The third-order valence-electron chi connectivity index (χ3n) is 4.92. The molecule has 0 aromatic heterocycles. The lowest BCUT2D eigenvalue weighted by Crippen LogP contribution is -2.30. The maximum atomic E-state index is 5.91. The number of nitrogens with zero attached hydrogens (tertiary/aromatic N) is 1. The summed E-state index contributed by atoms with van der Waals surface area (Å²) in [6.45, 7) is 2.90. The Labute approximate surface area is 142 Å². The van der Waals surface area contributed by atoms with Crippen LogP contribution in [-0.4, -0.2) is 18.6 Å². The van der Waals surface area contributed by atoms with Gasteiger partial charge in [-0.05, 0) is 46.5 Å². The van der Waals surface area contributed by atoms with E-state index in [9.17, 15) is 0 Å². The van der Waals surface area contributed by atoms with Crippen molar-refractivity contribution in [3.05, 3.63) is 71.3 Å². The molecule has 3 aromatic carbocycles. The van der Waals surface area contributed by atoms with Crippen molar-refractivity contribution >= 4 is 16.5 Å². The molecule has 0 spiro atoms. The zero-order valence-corrected chi connectivity index (χ0v) is 14.0. The molecule has 0 atom stereocenters. The molecular formula is C21H22N2O. The van der Waals surface area contributed by atoms with Crippen LogP contribution < -0.4 is 10.5 Å². The van der Waals surface area contributed by atoms with Crippen molar-refractivity contribution in [3.63, 3.8) is 0 Å². The summed E-state index contributed by atoms with van der Waals surface area (Å²) in [6.07, 6.45) is 1.05. The van der Waals surface area contributed by atoms with Crippen LogP contribution in [0.3, 0.4) is 0 Å². The highest BCUT2D eigenvalue weighted by atomic mass is 16.5. The van der Waals surface area contributed by atoms with Crippen LogP contribution in [0.4, 0.5) is 5.69 Å². The van der Waals surface area contributed by atoms with Gasteiger partial charge in [0.2, 0.25) is 0 Å². The van der Waals surface area contributed by atoms with Gasteiger partial charge < -0.3 is 10.5 Å². The predicted octanol–water partition coefficient (Wildman–Crippen LogP) is 3.99. The van der Waals surface area contributed by atoms with Crippen LogP contribution in [0.2, 0.25) is 0 Å². The molecule has 1 aliphatic rings. The molecule has 24 heavy (non-hydrogen) atoms. The Morgan fingerprint density at radius 2 is 1.92 bits per heavy atom. The normalized spacial score (nSPS) is 14.5. The Morgan fingerprint density at radius 3 is 2.79 bits per heavy atom. The van der Waals surface area contributed by atoms with Gasteiger partial charge in [-0.1, -0.05) is 36.4 Å². The number of nitrogen functional groups attached to an aromatic ring is 1. The average Bonchev–Trinajstić information content (AvgIpc) is 2.62. The molecule has 3 aromatic rings. The number of hydrogen-bond donors (Lipinski definition) is 1. The van der Waals surface area contributed by atoms with Gasteiger partial charge in [0.25, 0.3) is 0 Å². The Morgan fingerprint density at radius 1 is 1.04 bits per heavy atom.